The van der Waals surface area contributed by atoms with Crippen molar-refractivity contribution in [2.75, 3.05) is 7.11 Å². The van der Waals surface area contributed by atoms with E-state index in [4.69, 9.17) is 4.74 Å². The molecule has 2 unspecified atom stereocenters. The number of aliphatic imine (C=N–C) groups is 1. The van der Waals surface area contributed by atoms with E-state index >= 15 is 0 Å². The van der Waals surface area contributed by atoms with E-state index in [0.29, 0.717) is 0 Å². The Morgan fingerprint density at radius 1 is 1.43 bits per heavy atom. The van der Waals surface area contributed by atoms with Crippen molar-refractivity contribution in [2.24, 2.45) is 4.99 Å². The largest absolute Gasteiger partial charge is 0.376 e. The number of ether oxygens (including phenoxy) is 1. The number of hydrogen-bond acceptors (Lipinski definition) is 4. The number of carbonyl (C=O) groups is 2. The third kappa shape index (κ3) is 1.37. The summed E-state index contributed by atoms with van der Waals surface area (Å²) in [5, 5.41) is 4.66. The molecule has 6 nitrogen and oxygen atoms in total. The molecule has 1 saturated carbocycles. The van der Waals surface area contributed by atoms with E-state index in [9.17, 15) is 9.59 Å². The summed E-state index contributed by atoms with van der Waals surface area (Å²) in [6.45, 7) is 1.93. The molecular weight excluding hydrogens is 186 g/mol. The number of hydrogen-bond donors (Lipinski definition) is 2. The second-order valence-corrected chi connectivity index (χ2v) is 3.62. The maximum Gasteiger partial charge on any atom is 0.316 e. The average Bonchev–Trinajstić information content (AvgIpc) is 2.66. The molecule has 14 heavy (non-hydrogen) atoms. The van der Waals surface area contributed by atoms with Gasteiger partial charge in [0, 0.05) is 13.5 Å². The fraction of sp³-hybridized carbons (Fsp3) is 0.625. The lowest BCUT2D eigenvalue weighted by molar-refractivity contribution is -0.135. The number of amides is 2. The highest BCUT2D eigenvalue weighted by molar-refractivity contribution is 6.45. The van der Waals surface area contributed by atoms with Gasteiger partial charge in [-0.2, -0.15) is 0 Å². The third-order valence-corrected chi connectivity index (χ3v) is 2.56. The van der Waals surface area contributed by atoms with Gasteiger partial charge >= 0.3 is 11.8 Å². The van der Waals surface area contributed by atoms with Gasteiger partial charge in [-0.25, -0.2) is 4.99 Å². The Hall–Kier alpha value is -1.43. The number of nitrogens with zero attached hydrogens (tertiary/aromatic N) is 1. The highest BCUT2D eigenvalue weighted by atomic mass is 16.5. The molecule has 76 valence electrons. The molecule has 0 aromatic heterocycles. The Labute approximate surface area is 80.7 Å². The van der Waals surface area contributed by atoms with Crippen LogP contribution < -0.4 is 10.6 Å². The zero-order valence-electron chi connectivity index (χ0n) is 7.96. The van der Waals surface area contributed by atoms with Gasteiger partial charge in [-0.3, -0.25) is 20.2 Å². The van der Waals surface area contributed by atoms with Crippen LogP contribution in [0.2, 0.25) is 0 Å². The molecule has 0 aromatic rings. The Morgan fingerprint density at radius 3 is 2.43 bits per heavy atom. The van der Waals surface area contributed by atoms with E-state index in [-0.39, 0.29) is 17.6 Å². The molecule has 1 aliphatic heterocycles. The van der Waals surface area contributed by atoms with Gasteiger partial charge in [-0.05, 0) is 6.92 Å². The lowest BCUT2D eigenvalue weighted by Gasteiger charge is -2.05. The molecule has 1 aliphatic carbocycles. The lowest BCUT2D eigenvalue weighted by atomic mass is 10.4. The van der Waals surface area contributed by atoms with Gasteiger partial charge in [-0.15, -0.1) is 0 Å². The predicted molar refractivity (Wildman–Crippen MR) is 47.5 cm³/mol. The van der Waals surface area contributed by atoms with Crippen molar-refractivity contribution < 1.29 is 14.3 Å². The molecule has 6 heteroatoms. The van der Waals surface area contributed by atoms with E-state index in [1.807, 2.05) is 6.92 Å². The van der Waals surface area contributed by atoms with Gasteiger partial charge in [0.15, 0.2) is 0 Å². The average molecular weight is 197 g/mol. The minimum Gasteiger partial charge on any atom is -0.376 e. The third-order valence-electron chi connectivity index (χ3n) is 2.56. The number of methoxy groups -OCH3 is 1. The van der Waals surface area contributed by atoms with Gasteiger partial charge in [0.1, 0.15) is 0 Å². The van der Waals surface area contributed by atoms with Crippen LogP contribution in [0, 0.1) is 0 Å². The number of nitrogens with one attached hydrogen (secondary N) is 2. The smallest absolute Gasteiger partial charge is 0.316 e. The molecule has 2 fully saturated rings. The highest BCUT2D eigenvalue weighted by Crippen LogP contribution is 2.41. The van der Waals surface area contributed by atoms with E-state index < -0.39 is 11.8 Å². The van der Waals surface area contributed by atoms with Crippen molar-refractivity contribution in [3.05, 3.63) is 0 Å². The minimum atomic E-state index is -0.663. The molecule has 2 N–H and O–H groups in total. The van der Waals surface area contributed by atoms with Crippen LogP contribution in [0.15, 0.2) is 4.99 Å². The molecule has 1 heterocycles. The summed E-state index contributed by atoms with van der Waals surface area (Å²) in [6.07, 6.45) is 0.804. The molecule has 0 bridgehead atoms. The lowest BCUT2D eigenvalue weighted by Crippen LogP contribution is -2.27. The molecule has 0 aromatic carbocycles. The summed E-state index contributed by atoms with van der Waals surface area (Å²) >= 11 is 0. The molecule has 0 spiro atoms. The Kier molecular flexibility index (Phi) is 1.81. The summed E-state index contributed by atoms with van der Waals surface area (Å²) in [5.74, 6) is -1.10. The van der Waals surface area contributed by atoms with Gasteiger partial charge in [-0.1, -0.05) is 0 Å². The van der Waals surface area contributed by atoms with Crippen LogP contribution in [0.3, 0.4) is 0 Å². The highest BCUT2D eigenvalue weighted by Gasteiger charge is 2.51. The molecule has 2 aliphatic rings. The monoisotopic (exact) mass is 197 g/mol. The van der Waals surface area contributed by atoms with Crippen molar-refractivity contribution in [1.29, 1.82) is 0 Å². The quantitative estimate of drug-likeness (QED) is 0.544. The van der Waals surface area contributed by atoms with E-state index in [0.717, 1.165) is 6.42 Å². The Bertz CT molecular complexity index is 321. The molecule has 2 rings (SSSR count). The first kappa shape index (κ1) is 9.14. The van der Waals surface area contributed by atoms with E-state index in [1.54, 1.807) is 7.11 Å². The van der Waals surface area contributed by atoms with Crippen LogP contribution in [0.1, 0.15) is 13.3 Å². The summed E-state index contributed by atoms with van der Waals surface area (Å²) in [5.41, 5.74) is -0.245. The van der Waals surface area contributed by atoms with Crippen LogP contribution in [0.4, 0.5) is 0 Å². The van der Waals surface area contributed by atoms with Crippen molar-refractivity contribution in [3.8, 4) is 0 Å². The van der Waals surface area contributed by atoms with Crippen molar-refractivity contribution >= 4 is 17.8 Å². The standard InChI is InChI=1S/C8H11N3O3/c1-8(14-2)3-4(8)9-7-10-5(12)6(13)11-7/h4H,3H2,1-2H3,(H2,9,10,11,12,13). The number of carbonyl (C=O) groups excluding carboxylic acids is 2. The summed E-state index contributed by atoms with van der Waals surface area (Å²) in [7, 11) is 1.62. The second kappa shape index (κ2) is 2.78. The zero-order valence-corrected chi connectivity index (χ0v) is 7.96. The van der Waals surface area contributed by atoms with Crippen molar-refractivity contribution in [3.63, 3.8) is 0 Å². The molecule has 1 saturated heterocycles. The summed E-state index contributed by atoms with van der Waals surface area (Å²) in [6, 6.07) is 0.0150. The fourth-order valence-electron chi connectivity index (χ4n) is 1.31. The van der Waals surface area contributed by atoms with Gasteiger partial charge in [0.05, 0.1) is 11.6 Å². The van der Waals surface area contributed by atoms with Crippen LogP contribution in [0.25, 0.3) is 0 Å². The molecule has 0 radical (unpaired) electrons. The predicted octanol–water partition coefficient (Wildman–Crippen LogP) is -1.23. The number of guanidine groups is 1. The van der Waals surface area contributed by atoms with Crippen molar-refractivity contribution in [2.45, 2.75) is 25.0 Å². The SMILES string of the molecule is COC1(C)CC1N=C1NC(=O)C(=O)N1. The van der Waals surface area contributed by atoms with Crippen LogP contribution in [-0.4, -0.2) is 36.5 Å². The first-order chi connectivity index (χ1) is 6.55. The maximum absolute atomic E-state index is 10.8. The molecular formula is C8H11N3O3. The minimum absolute atomic E-state index is 0.0150. The number of rotatable bonds is 2. The Morgan fingerprint density at radius 2 is 2.00 bits per heavy atom. The molecule has 2 atom stereocenters. The van der Waals surface area contributed by atoms with E-state index in [1.165, 1.54) is 0 Å². The van der Waals surface area contributed by atoms with Gasteiger partial charge in [0.2, 0.25) is 5.96 Å². The summed E-state index contributed by atoms with van der Waals surface area (Å²) in [4.78, 5) is 25.7. The summed E-state index contributed by atoms with van der Waals surface area (Å²) < 4.78 is 5.19. The van der Waals surface area contributed by atoms with Crippen molar-refractivity contribution in [1.82, 2.24) is 10.6 Å². The normalized spacial score (nSPS) is 35.3. The van der Waals surface area contributed by atoms with E-state index in [2.05, 4.69) is 15.6 Å². The maximum atomic E-state index is 10.8. The fourth-order valence-corrected chi connectivity index (χ4v) is 1.31. The Balaban J connectivity index is 2.02. The zero-order chi connectivity index (χ0) is 10.3. The first-order valence-electron chi connectivity index (χ1n) is 4.30. The van der Waals surface area contributed by atoms with Crippen LogP contribution in [0.5, 0.6) is 0 Å². The van der Waals surface area contributed by atoms with Gasteiger partial charge in [0.25, 0.3) is 0 Å². The van der Waals surface area contributed by atoms with Crippen LogP contribution in [-0.2, 0) is 14.3 Å². The molecule has 2 amide bonds. The first-order valence-corrected chi connectivity index (χ1v) is 4.30. The van der Waals surface area contributed by atoms with Gasteiger partial charge < -0.3 is 4.74 Å². The second-order valence-electron chi connectivity index (χ2n) is 3.62. The topological polar surface area (TPSA) is 79.8 Å². The van der Waals surface area contributed by atoms with Crippen LogP contribution >= 0.6 is 0 Å².